The van der Waals surface area contributed by atoms with Crippen LogP contribution in [0.15, 0.2) is 28.9 Å². The van der Waals surface area contributed by atoms with Crippen LogP contribution >= 0.6 is 0 Å². The van der Waals surface area contributed by atoms with E-state index in [1.165, 1.54) is 6.42 Å². The Labute approximate surface area is 193 Å². The number of carbonyl (C=O) groups excluding carboxylic acids is 2. The Bertz CT molecular complexity index is 956. The van der Waals surface area contributed by atoms with Gasteiger partial charge in [0.05, 0.1) is 17.6 Å². The van der Waals surface area contributed by atoms with Crippen molar-refractivity contribution < 1.29 is 14.0 Å². The van der Waals surface area contributed by atoms with Crippen molar-refractivity contribution in [1.82, 2.24) is 31.1 Å². The van der Waals surface area contributed by atoms with Gasteiger partial charge in [0, 0.05) is 36.8 Å². The standard InChI is InChI=1S/C24H32N6O3/c31-21(12-11-20-27-19-6-2-1-5-18(19)22(32)28-20)26-17-9-7-15(8-10-17)23-29-30-24(33-23)16-4-3-13-25-14-16/h3-4,13-15,17-20,27H,1-2,5-12H2,(H,26,31)(H,28,32). The van der Waals surface area contributed by atoms with Crippen LogP contribution in [-0.4, -0.2) is 45.2 Å². The molecular formula is C24H32N6O3. The third kappa shape index (κ3) is 5.24. The number of fused-ring (bicyclic) bond motifs is 1. The molecule has 1 saturated heterocycles. The third-order valence-corrected chi connectivity index (χ3v) is 7.29. The molecular weight excluding hydrogens is 420 g/mol. The summed E-state index contributed by atoms with van der Waals surface area (Å²) in [7, 11) is 0. The summed E-state index contributed by atoms with van der Waals surface area (Å²) < 4.78 is 5.89. The highest BCUT2D eigenvalue weighted by molar-refractivity contribution is 5.81. The van der Waals surface area contributed by atoms with Crippen LogP contribution in [0.4, 0.5) is 0 Å². The van der Waals surface area contributed by atoms with E-state index in [4.69, 9.17) is 4.42 Å². The molecule has 9 heteroatoms. The maximum atomic E-state index is 12.5. The van der Waals surface area contributed by atoms with Crippen LogP contribution in [0.2, 0.25) is 0 Å². The first-order chi connectivity index (χ1) is 16.2. The first kappa shape index (κ1) is 22.0. The summed E-state index contributed by atoms with van der Waals surface area (Å²) in [6.45, 7) is 0. The number of nitrogens with zero attached hydrogens (tertiary/aromatic N) is 3. The number of carbonyl (C=O) groups is 2. The summed E-state index contributed by atoms with van der Waals surface area (Å²) in [6.07, 6.45) is 12.3. The van der Waals surface area contributed by atoms with Gasteiger partial charge in [-0.15, -0.1) is 10.2 Å². The normalized spacial score (nSPS) is 29.7. The summed E-state index contributed by atoms with van der Waals surface area (Å²) >= 11 is 0. The molecule has 0 aromatic carbocycles. The molecule has 3 N–H and O–H groups in total. The lowest BCUT2D eigenvalue weighted by molar-refractivity contribution is -0.131. The van der Waals surface area contributed by atoms with Gasteiger partial charge in [0.15, 0.2) is 0 Å². The van der Waals surface area contributed by atoms with E-state index in [1.54, 1.807) is 12.4 Å². The minimum atomic E-state index is -0.107. The van der Waals surface area contributed by atoms with Crippen molar-refractivity contribution in [2.45, 2.75) is 88.4 Å². The molecule has 0 spiro atoms. The number of hydrogen-bond acceptors (Lipinski definition) is 7. The molecule has 3 fully saturated rings. The third-order valence-electron chi connectivity index (χ3n) is 7.29. The average Bonchev–Trinajstić information content (AvgIpc) is 3.34. The number of amides is 2. The highest BCUT2D eigenvalue weighted by atomic mass is 16.4. The van der Waals surface area contributed by atoms with Crippen molar-refractivity contribution in [1.29, 1.82) is 0 Å². The molecule has 2 aromatic heterocycles. The lowest BCUT2D eigenvalue weighted by Gasteiger charge is -2.40. The molecule has 1 aliphatic heterocycles. The monoisotopic (exact) mass is 452 g/mol. The summed E-state index contributed by atoms with van der Waals surface area (Å²) in [5.41, 5.74) is 0.819. The van der Waals surface area contributed by atoms with Crippen molar-refractivity contribution in [3.8, 4) is 11.5 Å². The number of aromatic nitrogens is 3. The van der Waals surface area contributed by atoms with Crippen LogP contribution in [0.5, 0.6) is 0 Å². The maximum Gasteiger partial charge on any atom is 0.249 e. The predicted octanol–water partition coefficient (Wildman–Crippen LogP) is 2.66. The van der Waals surface area contributed by atoms with E-state index in [2.05, 4.69) is 31.1 Å². The molecule has 5 rings (SSSR count). The predicted molar refractivity (Wildman–Crippen MR) is 121 cm³/mol. The van der Waals surface area contributed by atoms with Crippen LogP contribution in [0.25, 0.3) is 11.5 Å². The molecule has 2 amide bonds. The molecule has 3 atom stereocenters. The summed E-state index contributed by atoms with van der Waals surface area (Å²) in [5, 5.41) is 18.2. The lowest BCUT2D eigenvalue weighted by Crippen LogP contribution is -2.62. The summed E-state index contributed by atoms with van der Waals surface area (Å²) in [4.78, 5) is 29.0. The second kappa shape index (κ2) is 9.99. The average molecular weight is 453 g/mol. The number of pyridine rings is 1. The molecule has 0 radical (unpaired) electrons. The Balaban J connectivity index is 1.05. The smallest absolute Gasteiger partial charge is 0.249 e. The first-order valence-electron chi connectivity index (χ1n) is 12.3. The zero-order valence-corrected chi connectivity index (χ0v) is 18.8. The second-order valence-electron chi connectivity index (χ2n) is 9.57. The van der Waals surface area contributed by atoms with Gasteiger partial charge < -0.3 is 15.1 Å². The van der Waals surface area contributed by atoms with E-state index in [9.17, 15) is 9.59 Å². The second-order valence-corrected chi connectivity index (χ2v) is 9.57. The minimum absolute atomic E-state index is 0.0527. The Kier molecular flexibility index (Phi) is 6.66. The molecule has 9 nitrogen and oxygen atoms in total. The Morgan fingerprint density at radius 1 is 1.12 bits per heavy atom. The summed E-state index contributed by atoms with van der Waals surface area (Å²) in [5.74, 6) is 1.68. The number of rotatable bonds is 6. The fourth-order valence-corrected chi connectivity index (χ4v) is 5.44. The van der Waals surface area contributed by atoms with Crippen LogP contribution < -0.4 is 16.0 Å². The molecule has 3 heterocycles. The van der Waals surface area contributed by atoms with E-state index < -0.39 is 0 Å². The van der Waals surface area contributed by atoms with Crippen LogP contribution in [0.3, 0.4) is 0 Å². The molecule has 2 aliphatic carbocycles. The Hall–Kier alpha value is -2.81. The fraction of sp³-hybridized carbons (Fsp3) is 0.625. The Morgan fingerprint density at radius 2 is 1.97 bits per heavy atom. The van der Waals surface area contributed by atoms with Gasteiger partial charge >= 0.3 is 0 Å². The topological polar surface area (TPSA) is 122 Å². The van der Waals surface area contributed by atoms with E-state index in [-0.39, 0.29) is 41.9 Å². The Morgan fingerprint density at radius 3 is 2.79 bits per heavy atom. The van der Waals surface area contributed by atoms with Crippen LogP contribution in [-0.2, 0) is 9.59 Å². The van der Waals surface area contributed by atoms with E-state index in [0.717, 1.165) is 50.5 Å². The zero-order valence-electron chi connectivity index (χ0n) is 18.8. The molecule has 176 valence electrons. The van der Waals surface area contributed by atoms with Crippen LogP contribution in [0.1, 0.15) is 76.0 Å². The van der Waals surface area contributed by atoms with Crippen LogP contribution in [0, 0.1) is 5.92 Å². The molecule has 2 aromatic rings. The van der Waals surface area contributed by atoms with Crippen molar-refractivity contribution in [3.63, 3.8) is 0 Å². The van der Waals surface area contributed by atoms with E-state index in [0.29, 0.717) is 24.6 Å². The van der Waals surface area contributed by atoms with Gasteiger partial charge in [0.1, 0.15) is 0 Å². The SMILES string of the molecule is O=C(CCC1NC(=O)C2CCCCC2N1)NC1CCC(c2nnc(-c3cccnc3)o2)CC1. The van der Waals surface area contributed by atoms with Gasteiger partial charge in [-0.25, -0.2) is 0 Å². The van der Waals surface area contributed by atoms with Crippen molar-refractivity contribution in [2.75, 3.05) is 0 Å². The molecule has 3 aliphatic rings. The first-order valence-corrected chi connectivity index (χ1v) is 12.3. The van der Waals surface area contributed by atoms with Crippen molar-refractivity contribution in [2.24, 2.45) is 5.92 Å². The fourth-order valence-electron chi connectivity index (χ4n) is 5.44. The molecule has 2 saturated carbocycles. The maximum absolute atomic E-state index is 12.5. The van der Waals surface area contributed by atoms with Gasteiger partial charge in [-0.2, -0.15) is 0 Å². The molecule has 33 heavy (non-hydrogen) atoms. The highest BCUT2D eigenvalue weighted by Crippen LogP contribution is 2.33. The van der Waals surface area contributed by atoms with Gasteiger partial charge in [-0.05, 0) is 57.1 Å². The molecule has 0 bridgehead atoms. The molecule has 3 unspecified atom stereocenters. The minimum Gasteiger partial charge on any atom is -0.420 e. The van der Waals surface area contributed by atoms with Gasteiger partial charge in [-0.1, -0.05) is 12.8 Å². The highest BCUT2D eigenvalue weighted by Gasteiger charge is 2.37. The lowest BCUT2D eigenvalue weighted by atomic mass is 9.82. The summed E-state index contributed by atoms with van der Waals surface area (Å²) in [6, 6.07) is 4.18. The van der Waals surface area contributed by atoms with E-state index >= 15 is 0 Å². The quantitative estimate of drug-likeness (QED) is 0.616. The van der Waals surface area contributed by atoms with Gasteiger partial charge in [-0.3, -0.25) is 19.9 Å². The number of nitrogens with one attached hydrogen (secondary N) is 3. The zero-order chi connectivity index (χ0) is 22.6. The van der Waals surface area contributed by atoms with Crippen molar-refractivity contribution >= 4 is 11.8 Å². The largest absolute Gasteiger partial charge is 0.420 e. The van der Waals surface area contributed by atoms with Gasteiger partial charge in [0.25, 0.3) is 0 Å². The van der Waals surface area contributed by atoms with Gasteiger partial charge in [0.2, 0.25) is 23.6 Å². The van der Waals surface area contributed by atoms with E-state index in [1.807, 2.05) is 12.1 Å². The number of hydrogen-bond donors (Lipinski definition) is 3. The van der Waals surface area contributed by atoms with Crippen molar-refractivity contribution in [3.05, 3.63) is 30.4 Å².